The number of carbonyl (C=O) groups excluding carboxylic acids is 1. The fourth-order valence-corrected chi connectivity index (χ4v) is 4.46. The molecule has 1 aromatic carbocycles. The summed E-state index contributed by atoms with van der Waals surface area (Å²) in [5.74, 6) is 0.302. The zero-order valence-corrected chi connectivity index (χ0v) is 17.4. The summed E-state index contributed by atoms with van der Waals surface area (Å²) in [4.78, 5) is 20.9. The third kappa shape index (κ3) is 4.21. The molecular formula is C21H27F2N5O2. The number of carbonyl (C=O) groups is 1. The molecule has 1 aromatic rings. The first-order valence-electron chi connectivity index (χ1n) is 10.3. The highest BCUT2D eigenvalue weighted by molar-refractivity contribution is 5.90. The van der Waals surface area contributed by atoms with Crippen molar-refractivity contribution in [2.75, 3.05) is 13.1 Å². The second kappa shape index (κ2) is 8.02. The smallest absolute Gasteiger partial charge is 0.410 e. The Hall–Kier alpha value is -2.42. The highest BCUT2D eigenvalue weighted by atomic mass is 19.3. The first-order valence-corrected chi connectivity index (χ1v) is 10.3. The van der Waals surface area contributed by atoms with Gasteiger partial charge in [0.1, 0.15) is 5.60 Å². The molecule has 0 spiro atoms. The number of piperazine rings is 1. The topological polar surface area (TPSA) is 69.9 Å². The average molecular weight is 419 g/mol. The number of ether oxygens (including phenoxy) is 1. The summed E-state index contributed by atoms with van der Waals surface area (Å²) < 4.78 is 31.8. The molecule has 4 unspecified atom stereocenters. The molecule has 0 radical (unpaired) electrons. The lowest BCUT2D eigenvalue weighted by Gasteiger charge is -2.44. The molecule has 3 heterocycles. The van der Waals surface area contributed by atoms with E-state index in [0.29, 0.717) is 18.9 Å². The normalized spacial score (nSPS) is 27.5. The maximum absolute atomic E-state index is 13.1. The van der Waals surface area contributed by atoms with E-state index in [0.717, 1.165) is 18.4 Å². The van der Waals surface area contributed by atoms with Crippen LogP contribution >= 0.6 is 0 Å². The van der Waals surface area contributed by atoms with Gasteiger partial charge >= 0.3 is 6.09 Å². The minimum Gasteiger partial charge on any atom is -0.444 e. The number of benzene rings is 1. The van der Waals surface area contributed by atoms with Crippen LogP contribution < -0.4 is 0 Å². The monoisotopic (exact) mass is 419 g/mol. The molecular weight excluding hydrogens is 392 g/mol. The van der Waals surface area contributed by atoms with Crippen LogP contribution in [-0.2, 0) is 4.74 Å². The van der Waals surface area contributed by atoms with E-state index in [1.54, 1.807) is 0 Å². The summed E-state index contributed by atoms with van der Waals surface area (Å²) >= 11 is 0. The van der Waals surface area contributed by atoms with Crippen LogP contribution in [0.15, 0.2) is 45.6 Å². The van der Waals surface area contributed by atoms with E-state index in [-0.39, 0.29) is 24.2 Å². The standard InChI is InChI=1S/C21H27F2N5O2/c1-21(2,3)30-20(29)28-14-9-10-15(28)12-27(11-14)16(13-7-5-4-6-8-13)18-24-19(17(22)23)26-25-18/h4-8,14-17,19H,9-12H2,1-3H3. The molecule has 0 aliphatic carbocycles. The molecule has 0 saturated carbocycles. The summed E-state index contributed by atoms with van der Waals surface area (Å²) in [6.45, 7) is 6.78. The molecule has 3 aliphatic heterocycles. The number of halogens is 2. The number of rotatable bonds is 4. The summed E-state index contributed by atoms with van der Waals surface area (Å²) in [6, 6.07) is 9.26. The highest BCUT2D eigenvalue weighted by Crippen LogP contribution is 2.37. The van der Waals surface area contributed by atoms with Crippen LogP contribution in [0.2, 0.25) is 0 Å². The van der Waals surface area contributed by atoms with Gasteiger partial charge in [-0.2, -0.15) is 5.11 Å². The molecule has 3 aliphatic rings. The lowest BCUT2D eigenvalue weighted by atomic mass is 10.0. The lowest BCUT2D eigenvalue weighted by molar-refractivity contribution is -0.00712. The van der Waals surface area contributed by atoms with E-state index in [1.807, 2.05) is 56.0 Å². The zero-order chi connectivity index (χ0) is 21.5. The molecule has 7 nitrogen and oxygen atoms in total. The van der Waals surface area contributed by atoms with Crippen molar-refractivity contribution in [2.45, 2.75) is 69.9 Å². The molecule has 4 atom stereocenters. The van der Waals surface area contributed by atoms with Crippen molar-refractivity contribution >= 4 is 11.9 Å². The van der Waals surface area contributed by atoms with Crippen molar-refractivity contribution in [3.05, 3.63) is 35.9 Å². The predicted octanol–water partition coefficient (Wildman–Crippen LogP) is 4.27. The SMILES string of the molecule is CC(C)(C)OC(=O)N1C2CCC1CN(C(C1=NC(C(F)F)N=N1)c1ccccc1)C2. The summed E-state index contributed by atoms with van der Waals surface area (Å²) in [5.41, 5.74) is 0.374. The van der Waals surface area contributed by atoms with Crippen molar-refractivity contribution in [3.8, 4) is 0 Å². The Labute approximate surface area is 174 Å². The van der Waals surface area contributed by atoms with Crippen molar-refractivity contribution in [3.63, 3.8) is 0 Å². The van der Waals surface area contributed by atoms with Gasteiger partial charge in [-0.05, 0) is 39.2 Å². The second-order valence-electron chi connectivity index (χ2n) is 8.99. The van der Waals surface area contributed by atoms with Crippen molar-refractivity contribution in [2.24, 2.45) is 15.2 Å². The van der Waals surface area contributed by atoms with Crippen LogP contribution in [0.3, 0.4) is 0 Å². The highest BCUT2D eigenvalue weighted by Gasteiger charge is 2.47. The molecule has 0 aromatic heterocycles. The van der Waals surface area contributed by atoms with Gasteiger partial charge in [-0.3, -0.25) is 9.80 Å². The molecule has 9 heteroatoms. The molecule has 2 fully saturated rings. The summed E-state index contributed by atoms with van der Waals surface area (Å²) in [7, 11) is 0. The fourth-order valence-electron chi connectivity index (χ4n) is 4.46. The Morgan fingerprint density at radius 2 is 1.77 bits per heavy atom. The Morgan fingerprint density at radius 1 is 1.13 bits per heavy atom. The van der Waals surface area contributed by atoms with Gasteiger partial charge in [-0.15, -0.1) is 5.11 Å². The molecule has 0 N–H and O–H groups in total. The molecule has 1 amide bonds. The number of likely N-dealkylation sites (tertiary alicyclic amines) is 1. The van der Waals surface area contributed by atoms with E-state index in [2.05, 4.69) is 20.1 Å². The number of amides is 1. The quantitative estimate of drug-likeness (QED) is 0.732. The number of nitrogens with zero attached hydrogens (tertiary/aromatic N) is 5. The van der Waals surface area contributed by atoms with Gasteiger partial charge in [0.2, 0.25) is 6.17 Å². The van der Waals surface area contributed by atoms with E-state index in [1.165, 1.54) is 0 Å². The Balaban J connectivity index is 1.58. The van der Waals surface area contributed by atoms with Crippen LogP contribution in [0.4, 0.5) is 13.6 Å². The van der Waals surface area contributed by atoms with Crippen LogP contribution in [0, 0.1) is 0 Å². The predicted molar refractivity (Wildman–Crippen MR) is 108 cm³/mol. The summed E-state index contributed by atoms with van der Waals surface area (Å²) in [5, 5.41) is 7.67. The van der Waals surface area contributed by atoms with Gasteiger partial charge in [0.15, 0.2) is 5.84 Å². The van der Waals surface area contributed by atoms with Crippen LogP contribution in [0.25, 0.3) is 0 Å². The maximum Gasteiger partial charge on any atom is 0.410 e. The van der Waals surface area contributed by atoms with Gasteiger partial charge in [0, 0.05) is 25.2 Å². The van der Waals surface area contributed by atoms with E-state index in [4.69, 9.17) is 4.74 Å². The first-order chi connectivity index (χ1) is 14.2. The molecule has 2 bridgehead atoms. The largest absolute Gasteiger partial charge is 0.444 e. The van der Waals surface area contributed by atoms with Gasteiger partial charge in [-0.1, -0.05) is 30.3 Å². The molecule has 2 saturated heterocycles. The third-order valence-electron chi connectivity index (χ3n) is 5.61. The number of hydrogen-bond donors (Lipinski definition) is 0. The van der Waals surface area contributed by atoms with Gasteiger partial charge in [0.25, 0.3) is 6.43 Å². The number of fused-ring (bicyclic) bond motifs is 2. The number of aliphatic imine (C=N–C) groups is 1. The van der Waals surface area contributed by atoms with Crippen molar-refractivity contribution in [1.29, 1.82) is 0 Å². The van der Waals surface area contributed by atoms with Crippen LogP contribution in [0.1, 0.15) is 45.2 Å². The maximum atomic E-state index is 13.1. The Morgan fingerprint density at radius 3 is 2.30 bits per heavy atom. The van der Waals surface area contributed by atoms with Crippen LogP contribution in [-0.4, -0.2) is 65.1 Å². The second-order valence-corrected chi connectivity index (χ2v) is 8.99. The van der Waals surface area contributed by atoms with E-state index >= 15 is 0 Å². The molecule has 162 valence electrons. The minimum atomic E-state index is -2.68. The Kier molecular flexibility index (Phi) is 5.57. The lowest BCUT2D eigenvalue weighted by Crippen LogP contribution is -2.57. The number of amidine groups is 1. The third-order valence-corrected chi connectivity index (χ3v) is 5.61. The van der Waals surface area contributed by atoms with E-state index in [9.17, 15) is 13.6 Å². The van der Waals surface area contributed by atoms with E-state index < -0.39 is 18.2 Å². The van der Waals surface area contributed by atoms with Gasteiger partial charge in [0.05, 0.1) is 6.04 Å². The number of azo groups is 1. The van der Waals surface area contributed by atoms with Crippen molar-refractivity contribution < 1.29 is 18.3 Å². The van der Waals surface area contributed by atoms with Crippen LogP contribution in [0.5, 0.6) is 0 Å². The van der Waals surface area contributed by atoms with Gasteiger partial charge < -0.3 is 4.74 Å². The average Bonchev–Trinajstić information content (AvgIpc) is 3.25. The molecule has 30 heavy (non-hydrogen) atoms. The Bertz CT molecular complexity index is 826. The number of alkyl halides is 2. The minimum absolute atomic E-state index is 0.00893. The first kappa shape index (κ1) is 20.8. The number of hydrogen-bond acceptors (Lipinski definition) is 6. The fraction of sp³-hybridized carbons (Fsp3) is 0.619. The zero-order valence-electron chi connectivity index (χ0n) is 17.4. The van der Waals surface area contributed by atoms with Crippen molar-refractivity contribution in [1.82, 2.24) is 9.80 Å². The summed E-state index contributed by atoms with van der Waals surface area (Å²) in [6.07, 6.45) is -2.64. The van der Waals surface area contributed by atoms with Gasteiger partial charge in [-0.25, -0.2) is 18.6 Å². The molecule has 4 rings (SSSR count).